The molecule has 2 N–H and O–H groups in total. The Bertz CT molecular complexity index is 1340. The van der Waals surface area contributed by atoms with Crippen molar-refractivity contribution in [3.05, 3.63) is 95.9 Å². The van der Waals surface area contributed by atoms with Crippen LogP contribution in [0.3, 0.4) is 0 Å². The molecule has 0 bridgehead atoms. The number of ether oxygens (including phenoxy) is 1. The fourth-order valence-electron chi connectivity index (χ4n) is 7.20. The molecule has 3 aromatic carbocycles. The third kappa shape index (κ3) is 5.10. The molecule has 1 aromatic heterocycles. The highest BCUT2D eigenvalue weighted by Crippen LogP contribution is 2.48. The molecule has 2 aliphatic rings. The van der Waals surface area contributed by atoms with E-state index in [9.17, 15) is 10.2 Å². The van der Waals surface area contributed by atoms with Crippen LogP contribution < -0.4 is 10.4 Å². The maximum absolute atomic E-state index is 11.0. The van der Waals surface area contributed by atoms with E-state index in [1.54, 1.807) is 0 Å². The fraction of sp³-hybridized carbons (Fsp3) is 0.412. The van der Waals surface area contributed by atoms with Crippen molar-refractivity contribution < 1.29 is 19.4 Å². The van der Waals surface area contributed by atoms with Gasteiger partial charge in [0.1, 0.15) is 0 Å². The number of thiophene rings is 1. The smallest absolute Gasteiger partial charge is 0.261 e. The third-order valence-electron chi connectivity index (χ3n) is 9.06. The quantitative estimate of drug-likeness (QED) is 0.240. The summed E-state index contributed by atoms with van der Waals surface area (Å²) < 4.78 is 14.7. The summed E-state index contributed by atoms with van der Waals surface area (Å²) in [4.78, 5) is 1.24. The minimum atomic E-state index is -2.80. The lowest BCUT2D eigenvalue weighted by Gasteiger charge is -2.45. The first-order valence-corrected chi connectivity index (χ1v) is 17.3. The molecule has 4 nitrogen and oxygen atoms in total. The molecule has 0 amide bonds. The Hall–Kier alpha value is -2.32. The van der Waals surface area contributed by atoms with Gasteiger partial charge in [0.05, 0.1) is 18.3 Å². The van der Waals surface area contributed by atoms with Crippen LogP contribution in [0.4, 0.5) is 0 Å². The first-order valence-electron chi connectivity index (χ1n) is 14.6. The molecule has 210 valence electrons. The van der Waals surface area contributed by atoms with E-state index in [1.165, 1.54) is 25.3 Å². The summed E-state index contributed by atoms with van der Waals surface area (Å²) in [6.45, 7) is 6.97. The van der Waals surface area contributed by atoms with Crippen molar-refractivity contribution in [2.45, 2.75) is 76.1 Å². The summed E-state index contributed by atoms with van der Waals surface area (Å²) in [5, 5.41) is 24.8. The van der Waals surface area contributed by atoms with Crippen molar-refractivity contribution in [2.75, 3.05) is 0 Å². The summed E-state index contributed by atoms with van der Waals surface area (Å²) in [5.74, 6) is 0.294. The Morgan fingerprint density at radius 3 is 2.15 bits per heavy atom. The number of rotatable bonds is 8. The summed E-state index contributed by atoms with van der Waals surface area (Å²) in [6, 6.07) is 32.5. The lowest BCUT2D eigenvalue weighted by molar-refractivity contribution is -0.0951. The number of fused-ring (bicyclic) bond motifs is 2. The Kier molecular flexibility index (Phi) is 7.76. The van der Waals surface area contributed by atoms with Crippen LogP contribution in [0.1, 0.15) is 57.4 Å². The van der Waals surface area contributed by atoms with Crippen LogP contribution in [-0.4, -0.2) is 37.0 Å². The molecule has 6 rings (SSSR count). The lowest BCUT2D eigenvalue weighted by atomic mass is 9.87. The van der Waals surface area contributed by atoms with Crippen LogP contribution in [-0.2, 0) is 9.16 Å². The summed E-state index contributed by atoms with van der Waals surface area (Å²) >= 11 is 1.82. The van der Waals surface area contributed by atoms with Crippen LogP contribution in [0.2, 0.25) is 5.04 Å². The highest BCUT2D eigenvalue weighted by Gasteiger charge is 2.52. The molecule has 2 fully saturated rings. The van der Waals surface area contributed by atoms with Crippen molar-refractivity contribution in [3.63, 3.8) is 0 Å². The number of benzene rings is 3. The van der Waals surface area contributed by atoms with Crippen molar-refractivity contribution in [2.24, 2.45) is 11.8 Å². The number of aliphatic hydroxyl groups is 2. The van der Waals surface area contributed by atoms with Gasteiger partial charge in [-0.1, -0.05) is 99.6 Å². The van der Waals surface area contributed by atoms with E-state index in [2.05, 4.69) is 112 Å². The first-order chi connectivity index (χ1) is 19.3. The molecule has 0 radical (unpaired) electrons. The topological polar surface area (TPSA) is 58.9 Å². The minimum absolute atomic E-state index is 0.0460. The number of hydrogen-bond acceptors (Lipinski definition) is 5. The SMILES string of the molecule is CC(C)(C)[Si](O[C@H](CC[C@@H]1[C@H]2CC(O)O[C@H]2C[C@H]1O)c1cc2ccccc2s1)(c1ccccc1)c1ccccc1. The molecule has 1 aliphatic carbocycles. The summed E-state index contributed by atoms with van der Waals surface area (Å²) in [5.41, 5.74) is 0. The largest absolute Gasteiger partial charge is 0.400 e. The van der Waals surface area contributed by atoms with E-state index < -0.39 is 20.7 Å². The minimum Gasteiger partial charge on any atom is -0.400 e. The van der Waals surface area contributed by atoms with Crippen LogP contribution in [0.15, 0.2) is 91.0 Å². The van der Waals surface area contributed by atoms with Crippen LogP contribution in [0.25, 0.3) is 10.1 Å². The second kappa shape index (κ2) is 11.2. The van der Waals surface area contributed by atoms with Crippen molar-refractivity contribution in [3.8, 4) is 0 Å². The van der Waals surface area contributed by atoms with Gasteiger partial charge in [0, 0.05) is 22.4 Å². The molecule has 1 saturated heterocycles. The second-order valence-electron chi connectivity index (χ2n) is 12.5. The lowest BCUT2D eigenvalue weighted by Crippen LogP contribution is -2.66. The molecule has 6 atom stereocenters. The van der Waals surface area contributed by atoms with Gasteiger partial charge in [-0.05, 0) is 57.6 Å². The van der Waals surface area contributed by atoms with Gasteiger partial charge in [-0.3, -0.25) is 0 Å². The molecule has 40 heavy (non-hydrogen) atoms. The maximum atomic E-state index is 11.0. The summed E-state index contributed by atoms with van der Waals surface area (Å²) in [7, 11) is -2.80. The van der Waals surface area contributed by atoms with Gasteiger partial charge in [-0.2, -0.15) is 0 Å². The van der Waals surface area contributed by atoms with Crippen LogP contribution in [0, 0.1) is 11.8 Å². The van der Waals surface area contributed by atoms with Gasteiger partial charge in [0.15, 0.2) is 6.29 Å². The Morgan fingerprint density at radius 2 is 1.52 bits per heavy atom. The van der Waals surface area contributed by atoms with Crippen LogP contribution >= 0.6 is 11.3 Å². The zero-order valence-corrected chi connectivity index (χ0v) is 25.4. The Morgan fingerprint density at radius 1 is 0.900 bits per heavy atom. The number of aliphatic hydroxyl groups excluding tert-OH is 2. The highest BCUT2D eigenvalue weighted by molar-refractivity contribution is 7.19. The average Bonchev–Trinajstić information content (AvgIpc) is 3.61. The molecular weight excluding hydrogens is 533 g/mol. The second-order valence-corrected chi connectivity index (χ2v) is 17.9. The standard InChI is InChI=1S/C34H40O4SSi/c1-34(2,3)40(24-13-6-4-7-14-24,25-15-8-5-9-16-25)38-29(32-20-23-12-10-11-17-31(23)39-32)19-18-26-27-21-33(36)37-30(27)22-28(26)35/h4-17,20,26-30,33,35-36H,18-19,21-22H2,1-3H3/t26-,27-,28-,29-,30+,33?/m1/s1. The summed E-state index contributed by atoms with van der Waals surface area (Å²) in [6.07, 6.45) is 1.56. The molecule has 0 spiro atoms. The van der Waals surface area contributed by atoms with E-state index in [0.29, 0.717) is 12.8 Å². The van der Waals surface area contributed by atoms with Crippen LogP contribution in [0.5, 0.6) is 0 Å². The van der Waals surface area contributed by atoms with E-state index in [4.69, 9.17) is 9.16 Å². The Labute approximate surface area is 242 Å². The van der Waals surface area contributed by atoms with E-state index in [1.807, 2.05) is 11.3 Å². The monoisotopic (exact) mass is 572 g/mol. The zero-order valence-electron chi connectivity index (χ0n) is 23.6. The number of hydrogen-bond donors (Lipinski definition) is 2. The predicted octanol–water partition coefficient (Wildman–Crippen LogP) is 6.40. The molecular formula is C34H40O4SSi. The van der Waals surface area contributed by atoms with E-state index >= 15 is 0 Å². The maximum Gasteiger partial charge on any atom is 0.261 e. The average molecular weight is 573 g/mol. The molecule has 1 saturated carbocycles. The van der Waals surface area contributed by atoms with Gasteiger partial charge in [-0.15, -0.1) is 11.3 Å². The Balaban J connectivity index is 1.42. The molecule has 1 aliphatic heterocycles. The van der Waals surface area contributed by atoms with Crippen molar-refractivity contribution in [1.82, 2.24) is 0 Å². The zero-order chi connectivity index (χ0) is 27.9. The van der Waals surface area contributed by atoms with Crippen molar-refractivity contribution in [1.29, 1.82) is 0 Å². The molecule has 6 heteroatoms. The molecule has 2 heterocycles. The van der Waals surface area contributed by atoms with Gasteiger partial charge in [0.2, 0.25) is 0 Å². The normalized spacial score (nSPS) is 25.8. The molecule has 4 aromatic rings. The highest BCUT2D eigenvalue weighted by atomic mass is 32.1. The van der Waals surface area contributed by atoms with Gasteiger partial charge in [-0.25, -0.2) is 0 Å². The fourth-order valence-corrected chi connectivity index (χ4v) is 13.1. The van der Waals surface area contributed by atoms with Gasteiger partial charge in [0.25, 0.3) is 8.32 Å². The van der Waals surface area contributed by atoms with Gasteiger partial charge >= 0.3 is 0 Å². The van der Waals surface area contributed by atoms with Crippen molar-refractivity contribution >= 4 is 40.1 Å². The first kappa shape index (κ1) is 27.8. The van der Waals surface area contributed by atoms with E-state index in [0.717, 1.165) is 12.8 Å². The molecule has 1 unspecified atom stereocenters. The van der Waals surface area contributed by atoms with E-state index in [-0.39, 0.29) is 29.1 Å². The predicted molar refractivity (Wildman–Crippen MR) is 166 cm³/mol. The third-order valence-corrected chi connectivity index (χ3v) is 15.3. The van der Waals surface area contributed by atoms with Gasteiger partial charge < -0.3 is 19.4 Å².